The molecule has 1 rings (SSSR count). The average molecular weight is 223 g/mol. The summed E-state index contributed by atoms with van der Waals surface area (Å²) < 4.78 is 0. The third-order valence-corrected chi connectivity index (χ3v) is 2.14. The molecule has 0 aromatic carbocycles. The maximum absolute atomic E-state index is 11.8. The minimum Gasteiger partial charge on any atom is -0.394 e. The quantitative estimate of drug-likeness (QED) is 0.672. The molecule has 0 aliphatic carbocycles. The molecule has 1 aromatic heterocycles. The molecule has 0 saturated heterocycles. The number of amides is 1. The Morgan fingerprint density at radius 3 is 2.88 bits per heavy atom. The molecule has 0 unspecified atom stereocenters. The highest BCUT2D eigenvalue weighted by Crippen LogP contribution is 2.05. The largest absolute Gasteiger partial charge is 0.394 e. The predicted molar refractivity (Wildman–Crippen MR) is 60.8 cm³/mol. The third kappa shape index (κ3) is 3.29. The predicted octanol–water partition coefficient (Wildman–Crippen LogP) is 0.0410. The summed E-state index contributed by atoms with van der Waals surface area (Å²) in [5, 5.41) is 11.8. The van der Waals surface area contributed by atoms with Crippen LogP contribution in [0.25, 0.3) is 0 Å². The van der Waals surface area contributed by atoms with Crippen LogP contribution in [-0.4, -0.2) is 28.1 Å². The summed E-state index contributed by atoms with van der Waals surface area (Å²) in [5.74, 6) is -0.240. The van der Waals surface area contributed by atoms with E-state index in [9.17, 15) is 4.79 Å². The first-order chi connectivity index (χ1) is 7.48. The first-order valence-corrected chi connectivity index (χ1v) is 5.07. The highest BCUT2D eigenvalue weighted by atomic mass is 16.3. The van der Waals surface area contributed by atoms with Crippen LogP contribution >= 0.6 is 0 Å². The number of nitrogens with two attached hydrogens (primary N) is 1. The number of carbonyl (C=O) groups is 1. The Bertz CT molecular complexity index is 377. The molecule has 0 fully saturated rings. The lowest BCUT2D eigenvalue weighted by Crippen LogP contribution is -2.46. The van der Waals surface area contributed by atoms with E-state index in [0.29, 0.717) is 17.8 Å². The summed E-state index contributed by atoms with van der Waals surface area (Å²) >= 11 is 0. The molecule has 16 heavy (non-hydrogen) atoms. The second-order valence-electron chi connectivity index (χ2n) is 4.24. The fourth-order valence-electron chi connectivity index (χ4n) is 1.15. The van der Waals surface area contributed by atoms with Crippen molar-refractivity contribution < 1.29 is 9.90 Å². The van der Waals surface area contributed by atoms with E-state index < -0.39 is 5.54 Å². The van der Waals surface area contributed by atoms with E-state index in [0.717, 1.165) is 0 Å². The van der Waals surface area contributed by atoms with E-state index in [1.165, 1.54) is 0 Å². The second kappa shape index (κ2) is 5.05. The molecule has 5 nitrogen and oxygen atoms in total. The molecule has 0 atom stereocenters. The maximum Gasteiger partial charge on any atom is 0.251 e. The van der Waals surface area contributed by atoms with Gasteiger partial charge in [0.1, 0.15) is 0 Å². The zero-order chi connectivity index (χ0) is 12.2. The molecule has 0 aliphatic heterocycles. The van der Waals surface area contributed by atoms with Crippen LogP contribution < -0.4 is 11.1 Å². The summed E-state index contributed by atoms with van der Waals surface area (Å²) in [5.41, 5.74) is 5.96. The Hall–Kier alpha value is -1.46. The molecular formula is C11H17N3O2. The molecule has 0 radical (unpaired) electrons. The number of carbonyl (C=O) groups excluding carboxylic acids is 1. The van der Waals surface area contributed by atoms with Crippen molar-refractivity contribution in [2.75, 3.05) is 6.61 Å². The fourth-order valence-corrected chi connectivity index (χ4v) is 1.15. The van der Waals surface area contributed by atoms with Gasteiger partial charge in [0.15, 0.2) is 0 Å². The van der Waals surface area contributed by atoms with Gasteiger partial charge in [-0.05, 0) is 26.0 Å². The van der Waals surface area contributed by atoms with Gasteiger partial charge in [-0.1, -0.05) is 0 Å². The van der Waals surface area contributed by atoms with Gasteiger partial charge in [-0.15, -0.1) is 0 Å². The van der Waals surface area contributed by atoms with Gasteiger partial charge in [0.2, 0.25) is 0 Å². The Kier molecular flexibility index (Phi) is 3.98. The van der Waals surface area contributed by atoms with Crippen molar-refractivity contribution in [2.24, 2.45) is 5.73 Å². The van der Waals surface area contributed by atoms with Crippen LogP contribution in [0.4, 0.5) is 0 Å². The molecule has 88 valence electrons. The number of rotatable bonds is 4. The van der Waals surface area contributed by atoms with Crippen molar-refractivity contribution in [3.63, 3.8) is 0 Å². The number of nitrogens with zero attached hydrogens (tertiary/aromatic N) is 1. The van der Waals surface area contributed by atoms with E-state index in [2.05, 4.69) is 10.3 Å². The molecule has 0 bridgehead atoms. The number of pyridine rings is 1. The molecule has 4 N–H and O–H groups in total. The van der Waals surface area contributed by atoms with Gasteiger partial charge in [-0.2, -0.15) is 0 Å². The Labute approximate surface area is 94.7 Å². The lowest BCUT2D eigenvalue weighted by atomic mass is 10.1. The SMILES string of the molecule is CC(C)(CO)NC(=O)c1ccnc(CN)c1. The van der Waals surface area contributed by atoms with Crippen LogP contribution in [0.3, 0.4) is 0 Å². The molecule has 1 aromatic rings. The Morgan fingerprint density at radius 2 is 2.31 bits per heavy atom. The number of hydrogen-bond acceptors (Lipinski definition) is 4. The van der Waals surface area contributed by atoms with Crippen molar-refractivity contribution in [2.45, 2.75) is 25.9 Å². The molecule has 0 spiro atoms. The van der Waals surface area contributed by atoms with E-state index in [1.807, 2.05) is 0 Å². The second-order valence-corrected chi connectivity index (χ2v) is 4.24. The van der Waals surface area contributed by atoms with Gasteiger partial charge in [-0.3, -0.25) is 9.78 Å². The minimum atomic E-state index is -0.636. The lowest BCUT2D eigenvalue weighted by molar-refractivity contribution is 0.0869. The van der Waals surface area contributed by atoms with Crippen LogP contribution in [0.1, 0.15) is 29.9 Å². The summed E-state index contributed by atoms with van der Waals surface area (Å²) in [6.45, 7) is 3.67. The molecule has 0 saturated carbocycles. The fraction of sp³-hybridized carbons (Fsp3) is 0.455. The highest BCUT2D eigenvalue weighted by molar-refractivity contribution is 5.94. The number of aliphatic hydroxyl groups excluding tert-OH is 1. The number of hydrogen-bond donors (Lipinski definition) is 3. The average Bonchev–Trinajstić information content (AvgIpc) is 2.28. The maximum atomic E-state index is 11.8. The first kappa shape index (κ1) is 12.6. The smallest absolute Gasteiger partial charge is 0.251 e. The van der Waals surface area contributed by atoms with Gasteiger partial charge >= 0.3 is 0 Å². The van der Waals surface area contributed by atoms with Crippen LogP contribution in [0.15, 0.2) is 18.3 Å². The van der Waals surface area contributed by atoms with Crippen molar-refractivity contribution in [1.82, 2.24) is 10.3 Å². The summed E-state index contributed by atoms with van der Waals surface area (Å²) in [7, 11) is 0. The zero-order valence-corrected chi connectivity index (χ0v) is 9.53. The molecule has 1 heterocycles. The molecular weight excluding hydrogens is 206 g/mol. The number of aliphatic hydroxyl groups is 1. The van der Waals surface area contributed by atoms with Gasteiger partial charge in [0, 0.05) is 18.3 Å². The first-order valence-electron chi connectivity index (χ1n) is 5.07. The van der Waals surface area contributed by atoms with Gasteiger partial charge in [-0.25, -0.2) is 0 Å². The molecule has 1 amide bonds. The van der Waals surface area contributed by atoms with Crippen LogP contribution in [0.5, 0.6) is 0 Å². The van der Waals surface area contributed by atoms with Crippen LogP contribution in [0, 0.1) is 0 Å². The van der Waals surface area contributed by atoms with E-state index in [1.54, 1.807) is 32.2 Å². The Morgan fingerprint density at radius 1 is 1.62 bits per heavy atom. The molecule has 0 aliphatic rings. The topological polar surface area (TPSA) is 88.2 Å². The van der Waals surface area contributed by atoms with E-state index >= 15 is 0 Å². The number of nitrogens with one attached hydrogen (secondary N) is 1. The van der Waals surface area contributed by atoms with Gasteiger partial charge in [0.05, 0.1) is 17.8 Å². The van der Waals surface area contributed by atoms with Crippen molar-refractivity contribution in [3.8, 4) is 0 Å². The molecule has 5 heteroatoms. The van der Waals surface area contributed by atoms with E-state index in [-0.39, 0.29) is 12.5 Å². The van der Waals surface area contributed by atoms with Gasteiger partial charge in [0.25, 0.3) is 5.91 Å². The number of aromatic nitrogens is 1. The van der Waals surface area contributed by atoms with Crippen molar-refractivity contribution >= 4 is 5.91 Å². The highest BCUT2D eigenvalue weighted by Gasteiger charge is 2.19. The Balaban J connectivity index is 2.80. The summed E-state index contributed by atoms with van der Waals surface area (Å²) in [4.78, 5) is 15.8. The minimum absolute atomic E-state index is 0.117. The lowest BCUT2D eigenvalue weighted by Gasteiger charge is -2.23. The van der Waals surface area contributed by atoms with Crippen LogP contribution in [-0.2, 0) is 6.54 Å². The third-order valence-electron chi connectivity index (χ3n) is 2.14. The van der Waals surface area contributed by atoms with Crippen LogP contribution in [0.2, 0.25) is 0 Å². The normalized spacial score (nSPS) is 11.2. The summed E-state index contributed by atoms with van der Waals surface area (Å²) in [6.07, 6.45) is 1.54. The zero-order valence-electron chi connectivity index (χ0n) is 9.53. The van der Waals surface area contributed by atoms with Crippen molar-refractivity contribution in [3.05, 3.63) is 29.6 Å². The standard InChI is InChI=1S/C11H17N3O2/c1-11(2,7-15)14-10(16)8-3-4-13-9(5-8)6-12/h3-5,15H,6-7,12H2,1-2H3,(H,14,16). The summed E-state index contributed by atoms with van der Waals surface area (Å²) in [6, 6.07) is 3.25. The van der Waals surface area contributed by atoms with Gasteiger partial charge < -0.3 is 16.2 Å². The monoisotopic (exact) mass is 223 g/mol. The van der Waals surface area contributed by atoms with E-state index in [4.69, 9.17) is 10.8 Å². The van der Waals surface area contributed by atoms with Crippen molar-refractivity contribution in [1.29, 1.82) is 0 Å².